The third kappa shape index (κ3) is 4.74. The first-order valence-electron chi connectivity index (χ1n) is 7.48. The zero-order valence-corrected chi connectivity index (χ0v) is 14.6. The van der Waals surface area contributed by atoms with Crippen LogP contribution in [0.2, 0.25) is 0 Å². The van der Waals surface area contributed by atoms with E-state index in [9.17, 15) is 14.9 Å². The van der Waals surface area contributed by atoms with E-state index in [1.807, 2.05) is 19.1 Å². The second-order valence-electron chi connectivity index (χ2n) is 5.10. The Morgan fingerprint density at radius 2 is 1.92 bits per heavy atom. The Labute approximate surface area is 150 Å². The molecule has 0 unspecified atom stereocenters. The quantitative estimate of drug-likeness (QED) is 0.483. The normalized spacial score (nSPS) is 10.0. The van der Waals surface area contributed by atoms with Crippen molar-refractivity contribution in [1.29, 1.82) is 0 Å². The summed E-state index contributed by atoms with van der Waals surface area (Å²) in [6, 6.07) is 11.4. The van der Waals surface area contributed by atoms with E-state index in [4.69, 9.17) is 17.0 Å². The number of nitro groups is 1. The van der Waals surface area contributed by atoms with Gasteiger partial charge in [-0.25, -0.2) is 0 Å². The summed E-state index contributed by atoms with van der Waals surface area (Å²) in [4.78, 5) is 22.8. The van der Waals surface area contributed by atoms with E-state index >= 15 is 0 Å². The summed E-state index contributed by atoms with van der Waals surface area (Å²) in [5.41, 5.74) is 1.53. The lowest BCUT2D eigenvalue weighted by molar-refractivity contribution is -0.384. The Hall–Kier alpha value is -3.00. The molecule has 2 aromatic carbocycles. The lowest BCUT2D eigenvalue weighted by atomic mass is 10.1. The van der Waals surface area contributed by atoms with Crippen LogP contribution >= 0.6 is 12.2 Å². The highest BCUT2D eigenvalue weighted by molar-refractivity contribution is 7.80. The number of methoxy groups -OCH3 is 1. The van der Waals surface area contributed by atoms with Crippen LogP contribution < -0.4 is 15.4 Å². The molecule has 2 N–H and O–H groups in total. The van der Waals surface area contributed by atoms with Gasteiger partial charge in [0.25, 0.3) is 11.6 Å². The number of amides is 1. The van der Waals surface area contributed by atoms with Gasteiger partial charge in [0.15, 0.2) is 5.11 Å². The molecule has 2 aromatic rings. The van der Waals surface area contributed by atoms with Crippen LogP contribution in [0.3, 0.4) is 0 Å². The van der Waals surface area contributed by atoms with Crippen LogP contribution in [0.25, 0.3) is 0 Å². The van der Waals surface area contributed by atoms with Crippen LogP contribution in [-0.2, 0) is 6.42 Å². The van der Waals surface area contributed by atoms with Crippen molar-refractivity contribution in [3.05, 3.63) is 63.7 Å². The summed E-state index contributed by atoms with van der Waals surface area (Å²) in [7, 11) is 1.42. The van der Waals surface area contributed by atoms with E-state index in [-0.39, 0.29) is 16.5 Å². The van der Waals surface area contributed by atoms with Crippen LogP contribution in [0.4, 0.5) is 11.4 Å². The van der Waals surface area contributed by atoms with E-state index in [0.29, 0.717) is 11.3 Å². The maximum atomic E-state index is 12.2. The molecule has 0 spiro atoms. The number of hydrogen-bond acceptors (Lipinski definition) is 5. The van der Waals surface area contributed by atoms with Gasteiger partial charge in [-0.15, -0.1) is 0 Å². The van der Waals surface area contributed by atoms with Crippen molar-refractivity contribution in [2.45, 2.75) is 13.3 Å². The van der Waals surface area contributed by atoms with E-state index in [0.717, 1.165) is 12.0 Å². The van der Waals surface area contributed by atoms with Crippen LogP contribution in [0.15, 0.2) is 42.5 Å². The molecule has 0 bridgehead atoms. The van der Waals surface area contributed by atoms with Gasteiger partial charge in [-0.1, -0.05) is 19.1 Å². The number of thiocarbonyl (C=S) groups is 1. The highest BCUT2D eigenvalue weighted by Crippen LogP contribution is 2.28. The second kappa shape index (κ2) is 8.20. The molecule has 130 valence electrons. The molecular weight excluding hydrogens is 342 g/mol. The average Bonchev–Trinajstić information content (AvgIpc) is 2.61. The molecule has 0 saturated carbocycles. The molecule has 0 atom stereocenters. The van der Waals surface area contributed by atoms with Gasteiger partial charge in [0.05, 0.1) is 18.1 Å². The third-order valence-electron chi connectivity index (χ3n) is 3.50. The van der Waals surface area contributed by atoms with Crippen molar-refractivity contribution in [2.75, 3.05) is 12.4 Å². The van der Waals surface area contributed by atoms with Crippen molar-refractivity contribution in [3.8, 4) is 5.75 Å². The number of benzene rings is 2. The molecule has 8 heteroatoms. The molecule has 0 aliphatic carbocycles. The Morgan fingerprint density at radius 1 is 1.24 bits per heavy atom. The predicted octanol–water partition coefficient (Wildman–Crippen LogP) is 3.29. The number of carbonyl (C=O) groups is 1. The number of anilines is 1. The molecule has 0 radical (unpaired) electrons. The van der Waals surface area contributed by atoms with Crippen LogP contribution in [0.1, 0.15) is 22.8 Å². The number of aryl methyl sites for hydroxylation is 1. The number of carbonyl (C=O) groups excluding carboxylic acids is 1. The van der Waals surface area contributed by atoms with Gasteiger partial charge in [0.2, 0.25) is 0 Å². The number of hydrogen-bond donors (Lipinski definition) is 2. The fourth-order valence-electron chi connectivity index (χ4n) is 2.12. The molecule has 0 aromatic heterocycles. The smallest absolute Gasteiger partial charge is 0.296 e. The number of nitrogens with one attached hydrogen (secondary N) is 2. The third-order valence-corrected chi connectivity index (χ3v) is 3.71. The number of ether oxygens (including phenoxy) is 1. The summed E-state index contributed by atoms with van der Waals surface area (Å²) in [6.07, 6.45) is 0.878. The maximum Gasteiger partial charge on any atom is 0.296 e. The molecule has 0 saturated heterocycles. The predicted molar refractivity (Wildman–Crippen MR) is 99.2 cm³/mol. The van der Waals surface area contributed by atoms with Crippen LogP contribution in [0.5, 0.6) is 5.75 Å². The molecule has 1 amide bonds. The van der Waals surface area contributed by atoms with Gasteiger partial charge in [-0.3, -0.25) is 20.2 Å². The van der Waals surface area contributed by atoms with Crippen LogP contribution in [0, 0.1) is 10.1 Å². The Kier molecular flexibility index (Phi) is 6.02. The Bertz CT molecular complexity index is 806. The highest BCUT2D eigenvalue weighted by atomic mass is 32.1. The highest BCUT2D eigenvalue weighted by Gasteiger charge is 2.17. The molecule has 0 aliphatic heterocycles. The number of rotatable bonds is 5. The molecule has 0 aliphatic rings. The molecule has 0 heterocycles. The lowest BCUT2D eigenvalue weighted by Crippen LogP contribution is -2.34. The SMILES string of the molecule is CCc1ccc(C(=O)NC(=S)Nc2ccc(OC)cc2[N+](=O)[O-])cc1. The minimum atomic E-state index is -0.557. The Balaban J connectivity index is 2.09. The minimum Gasteiger partial charge on any atom is -0.496 e. The largest absolute Gasteiger partial charge is 0.496 e. The van der Waals surface area contributed by atoms with Crippen molar-refractivity contribution in [2.24, 2.45) is 0 Å². The maximum absolute atomic E-state index is 12.2. The second-order valence-corrected chi connectivity index (χ2v) is 5.51. The van der Waals surface area contributed by atoms with Crippen molar-refractivity contribution < 1.29 is 14.5 Å². The topological polar surface area (TPSA) is 93.5 Å². The van der Waals surface area contributed by atoms with E-state index in [1.165, 1.54) is 19.2 Å². The van der Waals surface area contributed by atoms with Gasteiger partial charge < -0.3 is 10.1 Å². The van der Waals surface area contributed by atoms with Crippen molar-refractivity contribution in [3.63, 3.8) is 0 Å². The zero-order valence-electron chi connectivity index (χ0n) is 13.7. The summed E-state index contributed by atoms with van der Waals surface area (Å²) in [6.45, 7) is 2.02. The fourth-order valence-corrected chi connectivity index (χ4v) is 2.32. The van der Waals surface area contributed by atoms with Gasteiger partial charge in [0, 0.05) is 5.56 Å². The first-order chi connectivity index (χ1) is 11.9. The van der Waals surface area contributed by atoms with Crippen molar-refractivity contribution >= 4 is 34.6 Å². The van der Waals surface area contributed by atoms with Crippen LogP contribution in [-0.4, -0.2) is 23.1 Å². The summed E-state index contributed by atoms with van der Waals surface area (Å²) in [5, 5.41) is 16.3. The summed E-state index contributed by atoms with van der Waals surface area (Å²) in [5.74, 6) is -0.0421. The zero-order chi connectivity index (χ0) is 18.4. The number of nitrogens with zero attached hydrogens (tertiary/aromatic N) is 1. The fraction of sp³-hybridized carbons (Fsp3) is 0.176. The first kappa shape index (κ1) is 18.3. The standard InChI is InChI=1S/C17H17N3O4S/c1-3-11-4-6-12(7-5-11)16(21)19-17(25)18-14-9-8-13(24-2)10-15(14)20(22)23/h4-10H,3H2,1-2H3,(H2,18,19,21,25). The minimum absolute atomic E-state index is 0.0298. The monoisotopic (exact) mass is 359 g/mol. The van der Waals surface area contributed by atoms with E-state index in [1.54, 1.807) is 18.2 Å². The average molecular weight is 359 g/mol. The van der Waals surface area contributed by atoms with E-state index in [2.05, 4.69) is 10.6 Å². The van der Waals surface area contributed by atoms with E-state index < -0.39 is 10.8 Å². The molecule has 25 heavy (non-hydrogen) atoms. The number of nitro benzene ring substituents is 1. The van der Waals surface area contributed by atoms with Gasteiger partial charge in [-0.2, -0.15) is 0 Å². The van der Waals surface area contributed by atoms with Gasteiger partial charge in [0.1, 0.15) is 11.4 Å². The van der Waals surface area contributed by atoms with Gasteiger partial charge in [-0.05, 0) is 48.5 Å². The summed E-state index contributed by atoms with van der Waals surface area (Å²) >= 11 is 5.07. The molecule has 7 nitrogen and oxygen atoms in total. The molecule has 0 fully saturated rings. The lowest BCUT2D eigenvalue weighted by Gasteiger charge is -2.11. The first-order valence-corrected chi connectivity index (χ1v) is 7.89. The molecule has 2 rings (SSSR count). The Morgan fingerprint density at radius 3 is 2.48 bits per heavy atom. The van der Waals surface area contributed by atoms with Crippen molar-refractivity contribution in [1.82, 2.24) is 5.32 Å². The van der Waals surface area contributed by atoms with Gasteiger partial charge >= 0.3 is 0 Å². The summed E-state index contributed by atoms with van der Waals surface area (Å²) < 4.78 is 4.97. The molecular formula is C17H17N3O4S.